The van der Waals surface area contributed by atoms with E-state index < -0.39 is 17.2 Å². The Morgan fingerprint density at radius 3 is 2.71 bits per heavy atom. The molecule has 1 aromatic carbocycles. The zero-order valence-corrected chi connectivity index (χ0v) is 16.0. The molecule has 2 heterocycles. The second-order valence-corrected chi connectivity index (χ2v) is 8.55. The Labute approximate surface area is 165 Å². The lowest BCUT2D eigenvalue weighted by atomic mass is 9.73. The summed E-state index contributed by atoms with van der Waals surface area (Å²) in [7, 11) is 0. The molecule has 2 aliphatic rings. The van der Waals surface area contributed by atoms with Gasteiger partial charge in [0, 0.05) is 31.1 Å². The van der Waals surface area contributed by atoms with Crippen LogP contribution in [0.3, 0.4) is 0 Å². The first-order valence-corrected chi connectivity index (χ1v) is 10.2. The topological polar surface area (TPSA) is 51.2 Å². The van der Waals surface area contributed by atoms with E-state index in [9.17, 15) is 18.0 Å². The molecule has 8 heteroatoms. The van der Waals surface area contributed by atoms with E-state index in [1.165, 1.54) is 23.5 Å². The van der Waals surface area contributed by atoms with Crippen molar-refractivity contribution in [1.29, 1.82) is 0 Å². The van der Waals surface area contributed by atoms with Gasteiger partial charge in [-0.2, -0.15) is 13.2 Å². The molecular weight excluding hydrogens is 389 g/mol. The van der Waals surface area contributed by atoms with Crippen molar-refractivity contribution in [3.05, 3.63) is 51.5 Å². The van der Waals surface area contributed by atoms with Crippen LogP contribution in [0.1, 0.15) is 57.4 Å². The lowest BCUT2D eigenvalue weighted by Crippen LogP contribution is -2.44. The number of nitrogens with zero attached hydrogens (tertiary/aromatic N) is 1. The fraction of sp³-hybridized carbons (Fsp3) is 0.500. The molecule has 4 rings (SSSR count). The fourth-order valence-electron chi connectivity index (χ4n) is 3.60. The highest BCUT2D eigenvalue weighted by molar-refractivity contribution is 7.13. The largest absolute Gasteiger partial charge is 0.416 e. The van der Waals surface area contributed by atoms with Crippen LogP contribution in [0.2, 0.25) is 0 Å². The maximum Gasteiger partial charge on any atom is 0.416 e. The second kappa shape index (κ2) is 7.48. The van der Waals surface area contributed by atoms with Crippen LogP contribution >= 0.6 is 11.3 Å². The highest BCUT2D eigenvalue weighted by atomic mass is 32.1. The zero-order valence-electron chi connectivity index (χ0n) is 15.2. The van der Waals surface area contributed by atoms with Crippen LogP contribution < -0.4 is 5.32 Å². The molecule has 1 N–H and O–H groups in total. The van der Waals surface area contributed by atoms with Gasteiger partial charge in [0.2, 0.25) is 0 Å². The quantitative estimate of drug-likeness (QED) is 0.789. The third-order valence-electron chi connectivity index (χ3n) is 5.51. The van der Waals surface area contributed by atoms with Crippen LogP contribution in [-0.2, 0) is 16.3 Å². The SMILES string of the molecule is O=C(NCC1(c2cccc(C(F)(F)F)c2)CCOCC1)c1cnc(C2CC2)s1. The Bertz CT molecular complexity index is 855. The molecule has 0 radical (unpaired) electrons. The minimum atomic E-state index is -4.40. The number of ether oxygens (including phenoxy) is 1. The summed E-state index contributed by atoms with van der Waals surface area (Å²) in [5, 5.41) is 3.92. The van der Waals surface area contributed by atoms with Gasteiger partial charge in [0.15, 0.2) is 0 Å². The number of carbonyl (C=O) groups excluding carboxylic acids is 1. The van der Waals surface area contributed by atoms with Gasteiger partial charge in [-0.05, 0) is 37.3 Å². The Hall–Kier alpha value is -1.93. The van der Waals surface area contributed by atoms with Gasteiger partial charge < -0.3 is 10.1 Å². The molecule has 150 valence electrons. The van der Waals surface area contributed by atoms with E-state index in [0.29, 0.717) is 42.4 Å². The number of amides is 1. The predicted octanol–water partition coefficient (Wildman–Crippen LogP) is 4.52. The standard InChI is InChI=1S/C20H21F3N2O2S/c21-20(22,23)15-3-1-2-14(10-15)19(6-8-27-9-7-19)12-25-17(26)16-11-24-18(28-16)13-4-5-13/h1-3,10-11,13H,4-9,12H2,(H,25,26). The van der Waals surface area contributed by atoms with Crippen molar-refractivity contribution in [3.8, 4) is 0 Å². The van der Waals surface area contributed by atoms with Crippen LogP contribution in [0.4, 0.5) is 13.2 Å². The van der Waals surface area contributed by atoms with Crippen molar-refractivity contribution in [1.82, 2.24) is 10.3 Å². The maximum atomic E-state index is 13.2. The summed E-state index contributed by atoms with van der Waals surface area (Å²) in [6, 6.07) is 5.42. The van der Waals surface area contributed by atoms with Gasteiger partial charge in [-0.25, -0.2) is 4.98 Å². The fourth-order valence-corrected chi connectivity index (χ4v) is 4.61. The molecule has 0 atom stereocenters. The Morgan fingerprint density at radius 2 is 2.04 bits per heavy atom. The zero-order chi connectivity index (χ0) is 19.8. The third-order valence-corrected chi connectivity index (χ3v) is 6.67. The summed E-state index contributed by atoms with van der Waals surface area (Å²) < 4.78 is 44.9. The Morgan fingerprint density at radius 1 is 1.29 bits per heavy atom. The summed E-state index contributed by atoms with van der Waals surface area (Å²) in [6.07, 6.45) is 0.553. The van der Waals surface area contributed by atoms with Crippen molar-refractivity contribution >= 4 is 17.2 Å². The number of alkyl halides is 3. The maximum absolute atomic E-state index is 13.2. The van der Waals surface area contributed by atoms with Gasteiger partial charge in [0.05, 0.1) is 16.8 Å². The van der Waals surface area contributed by atoms with Crippen LogP contribution in [0.15, 0.2) is 30.5 Å². The molecule has 28 heavy (non-hydrogen) atoms. The molecule has 1 aliphatic heterocycles. The van der Waals surface area contributed by atoms with Gasteiger partial charge >= 0.3 is 6.18 Å². The van der Waals surface area contributed by atoms with Crippen molar-refractivity contribution in [2.24, 2.45) is 0 Å². The molecule has 0 unspecified atom stereocenters. The second-order valence-electron chi connectivity index (χ2n) is 7.49. The third kappa shape index (κ3) is 4.07. The molecule has 1 amide bonds. The molecule has 1 saturated carbocycles. The molecular formula is C20H21F3N2O2S. The number of hydrogen-bond acceptors (Lipinski definition) is 4. The van der Waals surface area contributed by atoms with Gasteiger partial charge in [0.25, 0.3) is 5.91 Å². The molecule has 1 aliphatic carbocycles. The summed E-state index contributed by atoms with van der Waals surface area (Å²) in [4.78, 5) is 17.5. The van der Waals surface area contributed by atoms with E-state index in [2.05, 4.69) is 10.3 Å². The molecule has 4 nitrogen and oxygen atoms in total. The van der Waals surface area contributed by atoms with E-state index in [1.807, 2.05) is 0 Å². The molecule has 0 bridgehead atoms. The first-order valence-electron chi connectivity index (χ1n) is 9.37. The summed E-state index contributed by atoms with van der Waals surface area (Å²) in [5.74, 6) is 0.265. The van der Waals surface area contributed by atoms with Crippen LogP contribution in [-0.4, -0.2) is 30.6 Å². The number of benzene rings is 1. The number of halogens is 3. The average Bonchev–Trinajstić information content (AvgIpc) is 3.43. The van der Waals surface area contributed by atoms with E-state index in [-0.39, 0.29) is 12.5 Å². The van der Waals surface area contributed by atoms with Crippen molar-refractivity contribution in [2.75, 3.05) is 19.8 Å². The first-order chi connectivity index (χ1) is 13.4. The summed E-state index contributed by atoms with van der Waals surface area (Å²) in [5.41, 5.74) is -0.647. The number of rotatable bonds is 5. The first kappa shape index (κ1) is 19.4. The monoisotopic (exact) mass is 410 g/mol. The van der Waals surface area contributed by atoms with E-state index >= 15 is 0 Å². The lowest BCUT2D eigenvalue weighted by molar-refractivity contribution is -0.137. The highest BCUT2D eigenvalue weighted by Gasteiger charge is 2.38. The lowest BCUT2D eigenvalue weighted by Gasteiger charge is -2.38. The molecule has 1 saturated heterocycles. The number of nitrogens with one attached hydrogen (secondary N) is 1. The van der Waals surface area contributed by atoms with E-state index in [0.717, 1.165) is 23.9 Å². The molecule has 2 fully saturated rings. The van der Waals surface area contributed by atoms with Crippen molar-refractivity contribution < 1.29 is 22.7 Å². The van der Waals surface area contributed by atoms with Crippen LogP contribution in [0, 0.1) is 0 Å². The van der Waals surface area contributed by atoms with Gasteiger partial charge in [0.1, 0.15) is 4.88 Å². The number of thiazole rings is 1. The minimum absolute atomic E-state index is 0.220. The summed E-state index contributed by atoms with van der Waals surface area (Å²) in [6.45, 7) is 1.18. The Kier molecular flexibility index (Phi) is 5.18. The number of carbonyl (C=O) groups is 1. The van der Waals surface area contributed by atoms with Crippen LogP contribution in [0.5, 0.6) is 0 Å². The summed E-state index contributed by atoms with van der Waals surface area (Å²) >= 11 is 1.40. The number of aromatic nitrogens is 1. The van der Waals surface area contributed by atoms with Crippen LogP contribution in [0.25, 0.3) is 0 Å². The Balaban J connectivity index is 1.53. The highest BCUT2D eigenvalue weighted by Crippen LogP contribution is 2.42. The average molecular weight is 410 g/mol. The van der Waals surface area contributed by atoms with E-state index in [1.54, 1.807) is 12.3 Å². The molecule has 2 aromatic rings. The van der Waals surface area contributed by atoms with Gasteiger partial charge in [-0.15, -0.1) is 11.3 Å². The minimum Gasteiger partial charge on any atom is -0.381 e. The number of hydrogen-bond donors (Lipinski definition) is 1. The van der Waals surface area contributed by atoms with Crippen molar-refractivity contribution in [2.45, 2.75) is 43.2 Å². The molecule has 0 spiro atoms. The normalized spacial score (nSPS) is 19.4. The predicted molar refractivity (Wildman–Crippen MR) is 99.6 cm³/mol. The smallest absolute Gasteiger partial charge is 0.381 e. The van der Waals surface area contributed by atoms with E-state index in [4.69, 9.17) is 4.74 Å². The van der Waals surface area contributed by atoms with Crippen molar-refractivity contribution in [3.63, 3.8) is 0 Å². The van der Waals surface area contributed by atoms with Gasteiger partial charge in [-0.1, -0.05) is 18.2 Å². The molecule has 1 aromatic heterocycles. The van der Waals surface area contributed by atoms with Gasteiger partial charge in [-0.3, -0.25) is 4.79 Å².